The molecular formula is C83H99ClN2O13Y2-4. The van der Waals surface area contributed by atoms with Gasteiger partial charge < -0.3 is 91.0 Å². The average molecular weight is 1560 g/mol. The standard InChI is InChI=1S/C11H10O3.C10H11NO.C9H9NO.5C8H10O.C6H8O2.C6H8O.CH3Cl.2Y/c1-13-7-9-6-8-4-2-3-5-10(8)14-11(9)12;1-12-7-8-6-11-10-5-3-2-4-9(8)10;1-11-8-7-10-9-5-3-2-4-6-9;5*1-9-7-8-5-3-2-4-6-8;1-7-5-6-3-2-4-8-6;1-3-4-5-6-7-2;1-2;;/h2-6H,7H2,1H3;2-6,11H,7H2,1H3;2-5H,8H2,1H3;5*2-6H,7H2,1H3;2-4H,5H2,1H3;1,3-4H,6H2,2H3;1H3;;/q;;-2;;;;;;;-2;;;/i;;;2D,3D,4D,5D,6D,7D2;2D,3D,4D,5D,6D;2*7D2;;;;;;. The first-order valence-corrected chi connectivity index (χ1v) is 30.6. The van der Waals surface area contributed by atoms with Gasteiger partial charge in [-0.15, -0.1) is 17.8 Å². The zero-order valence-electron chi connectivity index (χ0n) is 74.9. The maximum absolute atomic E-state index is 11.4. The molecule has 18 heteroatoms. The van der Waals surface area contributed by atoms with E-state index in [-0.39, 0.29) is 120 Å². The monoisotopic (exact) mass is 1560 g/mol. The number of benzene rings is 8. The Hall–Kier alpha value is -6.96. The van der Waals surface area contributed by atoms with Gasteiger partial charge in [0.2, 0.25) is 0 Å². The minimum atomic E-state index is -2.41. The molecule has 0 aliphatic heterocycles. The molecule has 3 heterocycles. The number of methoxy groups -OCH3 is 10. The zero-order valence-corrected chi connectivity index (χ0v) is 65.4. The zero-order chi connectivity index (χ0) is 86.4. The molecule has 3 aromatic heterocycles. The Morgan fingerprint density at radius 1 is 0.515 bits per heavy atom. The van der Waals surface area contributed by atoms with E-state index in [2.05, 4.69) is 71.0 Å². The first kappa shape index (κ1) is 69.7. The molecule has 0 unspecified atom stereocenters. The molecule has 0 aliphatic rings. The molecule has 0 atom stereocenters. The van der Waals surface area contributed by atoms with Crippen molar-refractivity contribution in [3.8, 4) is 0 Å². The summed E-state index contributed by atoms with van der Waals surface area (Å²) in [5.41, 5.74) is 6.01. The quantitative estimate of drug-likeness (QED) is 0.0224. The van der Waals surface area contributed by atoms with Crippen LogP contribution in [0.3, 0.4) is 0 Å². The maximum atomic E-state index is 11.4. The number of allylic oxidation sites excluding steroid dienone is 2. The third kappa shape index (κ3) is 50.1. The van der Waals surface area contributed by atoms with Crippen LogP contribution in [-0.2, 0) is 165 Å². The summed E-state index contributed by atoms with van der Waals surface area (Å²) in [6.45, 7) is 2.41. The van der Waals surface area contributed by atoms with E-state index in [1.165, 1.54) is 55.8 Å². The van der Waals surface area contributed by atoms with Crippen LogP contribution in [0.25, 0.3) is 21.9 Å². The maximum Gasteiger partial charge on any atom is 0.341 e. The van der Waals surface area contributed by atoms with Gasteiger partial charge in [0.15, 0.2) is 0 Å². The van der Waals surface area contributed by atoms with E-state index in [0.29, 0.717) is 55.3 Å². The summed E-state index contributed by atoms with van der Waals surface area (Å²) in [5, 5.41) is 2.17. The SMILES string of the molecule is CCl.COC[C-]=Nc1[c-]cccc1.COCc1c[nH]c2ccccc12.COCc1cc2ccccc2oc1=O.COCc1ccccc1.COCc1ccco1.[2H]C([2H])(OC)c1ccccc1.[2H]C([2H])(OC)c1ccccc1.[2H]c1c([2H])c([2H])c(C([2H])([2H])OC)c([2H])c1[2H].[2H]c1c([2H])c([2H])c(COC)c([2H])c1[2H].[CH-]=CC=[C-]COC.[Y].[Y]. The topological polar surface area (TPSA) is 164 Å². The van der Waals surface area contributed by atoms with E-state index >= 15 is 0 Å². The molecule has 0 saturated carbocycles. The van der Waals surface area contributed by atoms with Crippen molar-refractivity contribution in [1.82, 2.24) is 4.98 Å². The van der Waals surface area contributed by atoms with Crippen LogP contribution in [0.2, 0.25) is 0 Å². The largest absolute Gasteiger partial charge is 0.479 e. The van der Waals surface area contributed by atoms with Crippen molar-refractivity contribution in [3.05, 3.63) is 341 Å². The summed E-state index contributed by atoms with van der Waals surface area (Å²) in [5.74, 6) is 0.868. The van der Waals surface area contributed by atoms with Gasteiger partial charge in [0.05, 0.1) is 79.9 Å². The van der Waals surface area contributed by atoms with Crippen molar-refractivity contribution < 1.29 is 144 Å². The number of alkyl halides is 1. The Kier molecular flexibility index (Phi) is 48.4. The Morgan fingerprint density at radius 3 is 1.50 bits per heavy atom. The average Bonchev–Trinajstić information content (AvgIpc) is 1.27. The summed E-state index contributed by atoms with van der Waals surface area (Å²) in [4.78, 5) is 18.5. The molecule has 15 nitrogen and oxygen atoms in total. The first-order valence-electron chi connectivity index (χ1n) is 37.8. The Morgan fingerprint density at radius 2 is 1.00 bits per heavy atom. The number of halogens is 1. The molecule has 536 valence electrons. The number of furan rings is 1. The van der Waals surface area contributed by atoms with Gasteiger partial charge in [-0.25, -0.2) is 16.5 Å². The van der Waals surface area contributed by atoms with Crippen molar-refractivity contribution >= 4 is 45.4 Å². The number of fused-ring (bicyclic) bond motifs is 2. The second-order valence-electron chi connectivity index (χ2n) is 18.4. The number of aliphatic imine (C=N–C) groups is 1. The van der Waals surface area contributed by atoms with Gasteiger partial charge in [-0.1, -0.05) is 188 Å². The molecule has 8 aromatic carbocycles. The van der Waals surface area contributed by atoms with Crippen LogP contribution in [0.1, 0.15) is 66.6 Å². The van der Waals surface area contributed by atoms with Crippen molar-refractivity contribution in [2.24, 2.45) is 4.99 Å². The molecule has 11 rings (SSSR count). The van der Waals surface area contributed by atoms with Crippen LogP contribution >= 0.6 is 11.6 Å². The number of hydrogen-bond donors (Lipinski definition) is 1. The van der Waals surface area contributed by atoms with Gasteiger partial charge in [-0.05, 0) is 64.8 Å². The Balaban J connectivity index is 0. The molecule has 2 radical (unpaired) electrons. The molecule has 0 aliphatic carbocycles. The van der Waals surface area contributed by atoms with Crippen molar-refractivity contribution in [2.45, 2.75) is 52.7 Å². The third-order valence-electron chi connectivity index (χ3n) is 11.1. The molecule has 0 saturated heterocycles. The van der Waals surface area contributed by atoms with Crippen molar-refractivity contribution in [1.29, 1.82) is 0 Å². The number of para-hydroxylation sites is 3. The number of aromatic nitrogens is 1. The van der Waals surface area contributed by atoms with Gasteiger partial charge in [0.25, 0.3) is 0 Å². The summed E-state index contributed by atoms with van der Waals surface area (Å²) in [7, 11) is 15.0. The van der Waals surface area contributed by atoms with Crippen LogP contribution in [0.15, 0.2) is 286 Å². The van der Waals surface area contributed by atoms with Crippen molar-refractivity contribution in [3.63, 3.8) is 0 Å². The molecule has 0 amide bonds. The molecule has 1 N–H and O–H groups in total. The summed E-state index contributed by atoms with van der Waals surface area (Å²) in [6.07, 6.45) is 13.6. The molecule has 0 bridgehead atoms. The van der Waals surface area contributed by atoms with Gasteiger partial charge in [-0.2, -0.15) is 18.2 Å². The van der Waals surface area contributed by atoms with Gasteiger partial charge >= 0.3 is 5.63 Å². The van der Waals surface area contributed by atoms with Gasteiger partial charge in [0.1, 0.15) is 18.0 Å². The fourth-order valence-corrected chi connectivity index (χ4v) is 7.02. The van der Waals surface area contributed by atoms with E-state index in [4.69, 9.17) is 65.8 Å². The predicted molar refractivity (Wildman–Crippen MR) is 402 cm³/mol. The Labute approximate surface area is 678 Å². The van der Waals surface area contributed by atoms with Crippen LogP contribution in [0.4, 0.5) is 5.69 Å². The van der Waals surface area contributed by atoms with E-state index in [1.807, 2.05) is 115 Å². The Bertz CT molecular complexity index is 4480. The van der Waals surface area contributed by atoms with Crippen LogP contribution in [-0.4, -0.2) is 102 Å². The third-order valence-corrected chi connectivity index (χ3v) is 11.1. The van der Waals surface area contributed by atoms with Crippen molar-refractivity contribution in [2.75, 3.05) is 90.7 Å². The number of hydrogen-bond acceptors (Lipinski definition) is 14. The number of ether oxygens (including phenoxy) is 10. The smallest absolute Gasteiger partial charge is 0.341 e. The number of aromatic amines is 1. The first-order chi connectivity index (χ1) is 55.0. The summed E-state index contributed by atoms with van der Waals surface area (Å²) >= 11 is 4.64. The minimum absolute atomic E-state index is 0. The van der Waals surface area contributed by atoms with E-state index < -0.39 is 55.5 Å². The number of nitrogens with zero attached hydrogens (tertiary/aromatic N) is 1. The normalized spacial score (nSPS) is 12.3. The predicted octanol–water partition coefficient (Wildman–Crippen LogP) is 18.4. The summed E-state index contributed by atoms with van der Waals surface area (Å²) < 4.78 is 176. The van der Waals surface area contributed by atoms with E-state index in [0.717, 1.165) is 23.9 Å². The van der Waals surface area contributed by atoms with E-state index in [9.17, 15) is 4.79 Å². The molecular weight excluding hydrogens is 1450 g/mol. The number of H-pyrrole nitrogens is 1. The molecule has 101 heavy (non-hydrogen) atoms. The van der Waals surface area contributed by atoms with Gasteiger partial charge in [0, 0.05) is 178 Å². The second-order valence-corrected chi connectivity index (χ2v) is 18.4. The fourth-order valence-electron chi connectivity index (χ4n) is 7.02. The minimum Gasteiger partial charge on any atom is -0.479 e. The van der Waals surface area contributed by atoms with Gasteiger partial charge in [-0.3, -0.25) is 6.07 Å². The van der Waals surface area contributed by atoms with E-state index in [1.54, 1.807) is 116 Å². The molecule has 0 spiro atoms. The number of rotatable bonds is 22. The summed E-state index contributed by atoms with van der Waals surface area (Å²) in [6, 6.07) is 55.0. The van der Waals surface area contributed by atoms with Crippen LogP contribution in [0, 0.1) is 18.7 Å². The van der Waals surface area contributed by atoms with Crippen LogP contribution < -0.4 is 5.63 Å². The second kappa shape index (κ2) is 70.1. The molecule has 0 fully saturated rings. The van der Waals surface area contributed by atoms with Crippen LogP contribution in [0.5, 0.6) is 0 Å². The molecule has 11 aromatic rings. The number of nitrogens with one attached hydrogen (secondary N) is 1. The fraction of sp³-hybridized carbons (Fsp3) is 0.253.